The molecular weight excluding hydrogens is 292 g/mol. The summed E-state index contributed by atoms with van der Waals surface area (Å²) in [7, 11) is -0.156. The molecule has 0 radical (unpaired) electrons. The molecule has 23 heavy (non-hydrogen) atoms. The molecule has 3 rings (SSSR count). The summed E-state index contributed by atoms with van der Waals surface area (Å²) in [5.41, 5.74) is 6.73. The third-order valence-electron chi connectivity index (χ3n) is 6.38. The molecule has 0 aliphatic heterocycles. The summed E-state index contributed by atoms with van der Waals surface area (Å²) in [6.07, 6.45) is 8.72. The monoisotopic (exact) mass is 324 g/mol. The predicted molar refractivity (Wildman–Crippen MR) is 105 cm³/mol. The van der Waals surface area contributed by atoms with Gasteiger partial charge in [-0.3, -0.25) is 0 Å². The Balaban J connectivity index is 1.70. The Kier molecular flexibility index (Phi) is 5.58. The molecule has 0 amide bonds. The van der Waals surface area contributed by atoms with Crippen LogP contribution in [0.2, 0.25) is 6.04 Å². The molecule has 0 bridgehead atoms. The smallest absolute Gasteiger partial charge is 0.0556 e. The summed E-state index contributed by atoms with van der Waals surface area (Å²) in [6.45, 7) is 7.15. The van der Waals surface area contributed by atoms with Crippen LogP contribution in [0.5, 0.6) is 0 Å². The first kappa shape index (κ1) is 16.8. The highest BCUT2D eigenvalue weighted by Crippen LogP contribution is 2.43. The van der Waals surface area contributed by atoms with Crippen LogP contribution < -0.4 is 5.19 Å². The van der Waals surface area contributed by atoms with Gasteiger partial charge < -0.3 is 0 Å². The van der Waals surface area contributed by atoms with Gasteiger partial charge >= 0.3 is 0 Å². The zero-order valence-electron chi connectivity index (χ0n) is 15.2. The van der Waals surface area contributed by atoms with Gasteiger partial charge in [-0.1, -0.05) is 78.8 Å². The highest BCUT2D eigenvalue weighted by atomic mass is 28.2. The van der Waals surface area contributed by atoms with Gasteiger partial charge in [0.1, 0.15) is 0 Å². The molecule has 1 fully saturated rings. The largest absolute Gasteiger partial charge is 0.0669 e. The number of hydrogen-bond acceptors (Lipinski definition) is 0. The first-order valence-corrected chi connectivity index (χ1v) is 11.3. The van der Waals surface area contributed by atoms with Crippen LogP contribution in [0.3, 0.4) is 0 Å². The SMILES string of the molecule is CC1=C(C)C(C[SiH2]c2ccccc2)C(CC2CCCCC2)=C1C. The topological polar surface area (TPSA) is 0 Å². The van der Waals surface area contributed by atoms with Crippen LogP contribution in [-0.4, -0.2) is 9.52 Å². The van der Waals surface area contributed by atoms with E-state index in [9.17, 15) is 0 Å². The number of allylic oxidation sites excluding steroid dienone is 4. The van der Waals surface area contributed by atoms with Gasteiger partial charge in [0.15, 0.2) is 0 Å². The molecule has 0 nitrogen and oxygen atoms in total. The Morgan fingerprint density at radius 2 is 1.61 bits per heavy atom. The van der Waals surface area contributed by atoms with Gasteiger partial charge in [-0.2, -0.15) is 0 Å². The van der Waals surface area contributed by atoms with Gasteiger partial charge in [0, 0.05) is 0 Å². The van der Waals surface area contributed by atoms with Crippen molar-refractivity contribution < 1.29 is 0 Å². The van der Waals surface area contributed by atoms with Gasteiger partial charge in [-0.25, -0.2) is 0 Å². The highest BCUT2D eigenvalue weighted by Gasteiger charge is 2.29. The summed E-state index contributed by atoms with van der Waals surface area (Å²) in [5.74, 6) is 1.73. The van der Waals surface area contributed by atoms with Crippen LogP contribution in [0.1, 0.15) is 59.3 Å². The molecule has 0 aromatic heterocycles. The lowest BCUT2D eigenvalue weighted by Gasteiger charge is -2.26. The predicted octanol–water partition coefficient (Wildman–Crippen LogP) is 5.15. The normalized spacial score (nSPS) is 23.5. The summed E-state index contributed by atoms with van der Waals surface area (Å²) in [4.78, 5) is 0. The first-order valence-electron chi connectivity index (χ1n) is 9.58. The van der Waals surface area contributed by atoms with Gasteiger partial charge in [0.05, 0.1) is 9.52 Å². The third-order valence-corrected chi connectivity index (χ3v) is 8.29. The fourth-order valence-corrected chi connectivity index (χ4v) is 6.67. The summed E-state index contributed by atoms with van der Waals surface area (Å²) in [6, 6.07) is 12.6. The molecule has 124 valence electrons. The Labute approximate surface area is 144 Å². The molecule has 0 heterocycles. The van der Waals surface area contributed by atoms with Gasteiger partial charge in [-0.05, 0) is 56.2 Å². The van der Waals surface area contributed by atoms with E-state index in [1.54, 1.807) is 21.9 Å². The van der Waals surface area contributed by atoms with E-state index in [0.717, 1.165) is 11.8 Å². The summed E-state index contributed by atoms with van der Waals surface area (Å²) >= 11 is 0. The van der Waals surface area contributed by atoms with Gasteiger partial charge in [-0.15, -0.1) is 0 Å². The van der Waals surface area contributed by atoms with Gasteiger partial charge in [0.2, 0.25) is 0 Å². The second kappa shape index (κ2) is 7.66. The third kappa shape index (κ3) is 3.88. The average molecular weight is 325 g/mol. The van der Waals surface area contributed by atoms with Crippen LogP contribution in [0.4, 0.5) is 0 Å². The number of benzene rings is 1. The summed E-state index contributed by atoms with van der Waals surface area (Å²) in [5, 5.41) is 1.62. The average Bonchev–Trinajstić information content (AvgIpc) is 2.79. The van der Waals surface area contributed by atoms with Crippen molar-refractivity contribution in [1.82, 2.24) is 0 Å². The molecule has 1 saturated carbocycles. The van der Waals surface area contributed by atoms with Crippen LogP contribution in [0, 0.1) is 11.8 Å². The minimum atomic E-state index is -0.156. The maximum absolute atomic E-state index is 2.40. The lowest BCUT2D eigenvalue weighted by atomic mass is 9.81. The second-order valence-corrected chi connectivity index (χ2v) is 9.64. The molecule has 0 N–H and O–H groups in total. The van der Waals surface area contributed by atoms with E-state index >= 15 is 0 Å². The van der Waals surface area contributed by atoms with Gasteiger partial charge in [0.25, 0.3) is 0 Å². The summed E-state index contributed by atoms with van der Waals surface area (Å²) < 4.78 is 0. The zero-order valence-corrected chi connectivity index (χ0v) is 16.6. The molecule has 2 aliphatic carbocycles. The molecule has 1 atom stereocenters. The quantitative estimate of drug-likeness (QED) is 0.657. The first-order chi connectivity index (χ1) is 11.2. The van der Waals surface area contributed by atoms with Crippen LogP contribution in [0.15, 0.2) is 52.6 Å². The van der Waals surface area contributed by atoms with Crippen molar-refractivity contribution in [2.24, 2.45) is 11.8 Å². The van der Waals surface area contributed by atoms with Crippen molar-refractivity contribution in [1.29, 1.82) is 0 Å². The van der Waals surface area contributed by atoms with E-state index in [4.69, 9.17) is 0 Å². The Bertz CT molecular complexity index is 588. The number of rotatable bonds is 5. The van der Waals surface area contributed by atoms with E-state index in [2.05, 4.69) is 51.1 Å². The van der Waals surface area contributed by atoms with E-state index in [1.165, 1.54) is 44.6 Å². The number of hydrogen-bond donors (Lipinski definition) is 0. The molecule has 0 saturated heterocycles. The van der Waals surface area contributed by atoms with Crippen molar-refractivity contribution in [2.75, 3.05) is 0 Å². The van der Waals surface area contributed by atoms with E-state index in [0.29, 0.717) is 0 Å². The molecule has 0 spiro atoms. The molecular formula is C22H32Si. The minimum absolute atomic E-state index is 0.156. The molecule has 1 heteroatoms. The maximum atomic E-state index is 2.40. The van der Waals surface area contributed by atoms with Crippen LogP contribution in [-0.2, 0) is 0 Å². The standard InChI is InChI=1S/C22H32Si/c1-16-17(2)21(14-19-10-6-4-7-11-19)22(18(16)3)15-23-20-12-8-5-9-13-20/h5,8-9,12-13,19,22H,4,6-7,10-11,14-15,23H2,1-3H3. The lowest BCUT2D eigenvalue weighted by molar-refractivity contribution is 0.350. The van der Waals surface area contributed by atoms with E-state index < -0.39 is 0 Å². The van der Waals surface area contributed by atoms with Crippen molar-refractivity contribution in [2.45, 2.75) is 65.3 Å². The zero-order chi connectivity index (χ0) is 16.2. The van der Waals surface area contributed by atoms with Crippen LogP contribution >= 0.6 is 0 Å². The Hall–Kier alpha value is -1.08. The Morgan fingerprint density at radius 3 is 2.30 bits per heavy atom. The van der Waals surface area contributed by atoms with E-state index in [-0.39, 0.29) is 9.52 Å². The Morgan fingerprint density at radius 1 is 0.913 bits per heavy atom. The fraction of sp³-hybridized carbons (Fsp3) is 0.545. The maximum Gasteiger partial charge on any atom is 0.0556 e. The van der Waals surface area contributed by atoms with E-state index in [1.807, 2.05) is 5.57 Å². The highest BCUT2D eigenvalue weighted by molar-refractivity contribution is 6.53. The molecule has 2 aliphatic rings. The van der Waals surface area contributed by atoms with Crippen LogP contribution in [0.25, 0.3) is 0 Å². The molecule has 1 unspecified atom stereocenters. The van der Waals surface area contributed by atoms with Crippen molar-refractivity contribution in [3.05, 3.63) is 52.6 Å². The lowest BCUT2D eigenvalue weighted by Crippen LogP contribution is -2.19. The minimum Gasteiger partial charge on any atom is -0.0669 e. The van der Waals surface area contributed by atoms with Crippen molar-refractivity contribution in [3.8, 4) is 0 Å². The van der Waals surface area contributed by atoms with Crippen molar-refractivity contribution >= 4 is 14.7 Å². The van der Waals surface area contributed by atoms with Crippen molar-refractivity contribution in [3.63, 3.8) is 0 Å². The fourth-order valence-electron chi connectivity index (χ4n) is 4.66. The second-order valence-electron chi connectivity index (χ2n) is 7.74. The molecule has 1 aromatic carbocycles. The molecule has 1 aromatic rings.